The fourth-order valence-corrected chi connectivity index (χ4v) is 1.70. The van der Waals surface area contributed by atoms with E-state index in [2.05, 4.69) is 15.4 Å². The van der Waals surface area contributed by atoms with Gasteiger partial charge in [0, 0.05) is 31.9 Å². The van der Waals surface area contributed by atoms with Crippen molar-refractivity contribution in [1.82, 2.24) is 14.8 Å². The molecule has 0 fully saturated rings. The van der Waals surface area contributed by atoms with E-state index in [4.69, 9.17) is 5.73 Å². The van der Waals surface area contributed by atoms with Crippen LogP contribution in [0.5, 0.6) is 0 Å². The van der Waals surface area contributed by atoms with Crippen LogP contribution in [0.15, 0.2) is 24.4 Å². The number of nitrogen functional groups attached to an aromatic ring is 1. The number of nitrogens with two attached hydrogens (primary N) is 1. The summed E-state index contributed by atoms with van der Waals surface area (Å²) >= 11 is 0. The molecule has 0 spiro atoms. The van der Waals surface area contributed by atoms with Crippen LogP contribution in [-0.4, -0.2) is 26.2 Å². The van der Waals surface area contributed by atoms with Gasteiger partial charge in [-0.15, -0.1) is 0 Å². The third-order valence-corrected chi connectivity index (χ3v) is 2.65. The molecular formula is C11H14N6O2. The highest BCUT2D eigenvalue weighted by atomic mass is 16.6. The van der Waals surface area contributed by atoms with Crippen molar-refractivity contribution in [3.63, 3.8) is 0 Å². The summed E-state index contributed by atoms with van der Waals surface area (Å²) in [6, 6.07) is 4.50. The van der Waals surface area contributed by atoms with E-state index in [9.17, 15) is 10.1 Å². The molecule has 0 aliphatic rings. The van der Waals surface area contributed by atoms with Gasteiger partial charge in [-0.25, -0.2) is 4.98 Å². The number of hydrogen-bond donors (Lipinski definition) is 2. The summed E-state index contributed by atoms with van der Waals surface area (Å²) < 4.78 is 1.77. The average molecular weight is 262 g/mol. The van der Waals surface area contributed by atoms with E-state index in [1.54, 1.807) is 10.9 Å². The maximum atomic E-state index is 10.7. The Hall–Kier alpha value is -2.64. The minimum Gasteiger partial charge on any atom is -0.383 e. The second-order valence-corrected chi connectivity index (χ2v) is 4.02. The lowest BCUT2D eigenvalue weighted by atomic mass is 10.3. The van der Waals surface area contributed by atoms with Gasteiger partial charge in [0.25, 0.3) is 5.69 Å². The first-order valence-electron chi connectivity index (χ1n) is 5.69. The van der Waals surface area contributed by atoms with Crippen LogP contribution in [0.3, 0.4) is 0 Å². The molecule has 8 nitrogen and oxygen atoms in total. The Morgan fingerprint density at radius 3 is 2.95 bits per heavy atom. The maximum Gasteiger partial charge on any atom is 0.276 e. The van der Waals surface area contributed by atoms with E-state index >= 15 is 0 Å². The monoisotopic (exact) mass is 262 g/mol. The topological polar surface area (TPSA) is 112 Å². The van der Waals surface area contributed by atoms with Crippen LogP contribution in [0.2, 0.25) is 0 Å². The van der Waals surface area contributed by atoms with Gasteiger partial charge in [0.1, 0.15) is 11.6 Å². The van der Waals surface area contributed by atoms with E-state index in [0.717, 1.165) is 12.1 Å². The van der Waals surface area contributed by atoms with E-state index in [1.165, 1.54) is 12.1 Å². The molecule has 0 unspecified atom stereocenters. The third-order valence-electron chi connectivity index (χ3n) is 2.65. The van der Waals surface area contributed by atoms with Gasteiger partial charge < -0.3 is 11.1 Å². The Labute approximate surface area is 109 Å². The smallest absolute Gasteiger partial charge is 0.276 e. The molecule has 0 saturated heterocycles. The molecule has 0 aromatic carbocycles. The Balaban J connectivity index is 2.00. The lowest BCUT2D eigenvalue weighted by molar-refractivity contribution is -0.384. The van der Waals surface area contributed by atoms with E-state index in [-0.39, 0.29) is 11.5 Å². The van der Waals surface area contributed by atoms with Crippen LogP contribution in [0.25, 0.3) is 0 Å². The summed E-state index contributed by atoms with van der Waals surface area (Å²) in [5.41, 5.74) is 6.51. The standard InChI is InChI=1S/C11H14N6O2/c1-16-8(3-5-14-16)2-4-13-11-7-9(17(18)19)6-10(12)15-11/h3,5-7H,2,4H2,1H3,(H3,12,13,15). The fourth-order valence-electron chi connectivity index (χ4n) is 1.70. The zero-order valence-electron chi connectivity index (χ0n) is 10.4. The van der Waals surface area contributed by atoms with Crippen LogP contribution in [0.4, 0.5) is 17.3 Å². The summed E-state index contributed by atoms with van der Waals surface area (Å²) in [7, 11) is 1.86. The first kappa shape index (κ1) is 12.8. The van der Waals surface area contributed by atoms with Crippen LogP contribution >= 0.6 is 0 Å². The zero-order valence-corrected chi connectivity index (χ0v) is 10.4. The molecule has 0 amide bonds. The Bertz CT molecular complexity index is 595. The van der Waals surface area contributed by atoms with Crippen molar-refractivity contribution in [3.05, 3.63) is 40.2 Å². The molecule has 3 N–H and O–H groups in total. The van der Waals surface area contributed by atoms with Crippen molar-refractivity contribution in [1.29, 1.82) is 0 Å². The van der Waals surface area contributed by atoms with Crippen molar-refractivity contribution in [2.24, 2.45) is 7.05 Å². The zero-order chi connectivity index (χ0) is 13.8. The molecule has 0 atom stereocenters. The number of pyridine rings is 1. The normalized spacial score (nSPS) is 10.4. The van der Waals surface area contributed by atoms with Crippen molar-refractivity contribution >= 4 is 17.3 Å². The van der Waals surface area contributed by atoms with Crippen molar-refractivity contribution in [2.45, 2.75) is 6.42 Å². The third kappa shape index (κ3) is 3.18. The second kappa shape index (κ2) is 5.34. The summed E-state index contributed by atoms with van der Waals surface area (Å²) in [6.07, 6.45) is 2.46. The lowest BCUT2D eigenvalue weighted by Crippen LogP contribution is -2.10. The molecule has 8 heteroatoms. The number of nitrogens with zero attached hydrogens (tertiary/aromatic N) is 4. The molecule has 0 aliphatic heterocycles. The van der Waals surface area contributed by atoms with Gasteiger partial charge in [-0.05, 0) is 6.07 Å². The lowest BCUT2D eigenvalue weighted by Gasteiger charge is -2.06. The maximum absolute atomic E-state index is 10.7. The predicted molar refractivity (Wildman–Crippen MR) is 70.7 cm³/mol. The molecule has 0 saturated carbocycles. The Morgan fingerprint density at radius 2 is 2.32 bits per heavy atom. The summed E-state index contributed by atoms with van der Waals surface area (Å²) in [4.78, 5) is 14.2. The highest BCUT2D eigenvalue weighted by Gasteiger charge is 2.09. The molecule has 2 aromatic rings. The first-order valence-corrected chi connectivity index (χ1v) is 5.69. The number of nitrogens with one attached hydrogen (secondary N) is 1. The van der Waals surface area contributed by atoms with Crippen LogP contribution in [-0.2, 0) is 13.5 Å². The number of aryl methyl sites for hydroxylation is 1. The van der Waals surface area contributed by atoms with E-state index in [0.29, 0.717) is 12.4 Å². The average Bonchev–Trinajstić information content (AvgIpc) is 2.74. The quantitative estimate of drug-likeness (QED) is 0.613. The highest BCUT2D eigenvalue weighted by molar-refractivity contribution is 5.52. The van der Waals surface area contributed by atoms with Gasteiger partial charge >= 0.3 is 0 Å². The van der Waals surface area contributed by atoms with Crippen LogP contribution < -0.4 is 11.1 Å². The molecule has 0 radical (unpaired) electrons. The van der Waals surface area contributed by atoms with Gasteiger partial charge in [-0.1, -0.05) is 0 Å². The fraction of sp³-hybridized carbons (Fsp3) is 0.273. The van der Waals surface area contributed by atoms with E-state index < -0.39 is 4.92 Å². The minimum absolute atomic E-state index is 0.0736. The first-order chi connectivity index (χ1) is 9.06. The molecule has 2 rings (SSSR count). The highest BCUT2D eigenvalue weighted by Crippen LogP contribution is 2.18. The number of aromatic nitrogens is 3. The predicted octanol–water partition coefficient (Wildman–Crippen LogP) is 0.960. The molecule has 0 aliphatic carbocycles. The molecular weight excluding hydrogens is 248 g/mol. The van der Waals surface area contributed by atoms with Crippen molar-refractivity contribution in [3.8, 4) is 0 Å². The molecule has 0 bridgehead atoms. The van der Waals surface area contributed by atoms with E-state index in [1.807, 2.05) is 13.1 Å². The largest absolute Gasteiger partial charge is 0.383 e. The number of hydrogen-bond acceptors (Lipinski definition) is 6. The van der Waals surface area contributed by atoms with Gasteiger partial charge in [0.05, 0.1) is 17.1 Å². The Morgan fingerprint density at radius 1 is 1.53 bits per heavy atom. The second-order valence-electron chi connectivity index (χ2n) is 4.02. The van der Waals surface area contributed by atoms with Crippen molar-refractivity contribution < 1.29 is 4.92 Å². The van der Waals surface area contributed by atoms with Gasteiger partial charge in [-0.3, -0.25) is 14.8 Å². The molecule has 2 aromatic heterocycles. The summed E-state index contributed by atoms with van der Waals surface area (Å²) in [5, 5.41) is 17.8. The number of anilines is 2. The van der Waals surface area contributed by atoms with Crippen LogP contribution in [0.1, 0.15) is 5.69 Å². The Kier molecular flexibility index (Phi) is 3.60. The van der Waals surface area contributed by atoms with Crippen molar-refractivity contribution in [2.75, 3.05) is 17.6 Å². The summed E-state index contributed by atoms with van der Waals surface area (Å²) in [6.45, 7) is 0.590. The van der Waals surface area contributed by atoms with Crippen LogP contribution in [0, 0.1) is 10.1 Å². The number of nitro groups is 1. The van der Waals surface area contributed by atoms with Gasteiger partial charge in [-0.2, -0.15) is 5.10 Å². The molecule has 2 heterocycles. The SMILES string of the molecule is Cn1nccc1CCNc1cc([N+](=O)[O-])cc(N)n1. The molecule has 100 valence electrons. The van der Waals surface area contributed by atoms with Gasteiger partial charge in [0.15, 0.2) is 0 Å². The number of rotatable bonds is 5. The van der Waals surface area contributed by atoms with Gasteiger partial charge in [0.2, 0.25) is 0 Å². The minimum atomic E-state index is -0.496. The molecule has 19 heavy (non-hydrogen) atoms. The summed E-state index contributed by atoms with van der Waals surface area (Å²) in [5.74, 6) is 0.520.